The molecule has 0 saturated heterocycles. The second-order valence-electron chi connectivity index (χ2n) is 14.9. The normalized spacial score (nSPS) is 16.0. The van der Waals surface area contributed by atoms with Crippen molar-refractivity contribution in [1.29, 1.82) is 0 Å². The van der Waals surface area contributed by atoms with Gasteiger partial charge in [0.05, 0.1) is 23.3 Å². The number of rotatable bonds is 25. The number of oxime groups is 1. The fourth-order valence-corrected chi connectivity index (χ4v) is 7.19. The van der Waals surface area contributed by atoms with E-state index in [-0.39, 0.29) is 12.1 Å². The third-order valence-corrected chi connectivity index (χ3v) is 10.5. The molecule has 0 aliphatic heterocycles. The maximum absolute atomic E-state index is 15.7. The van der Waals surface area contributed by atoms with Gasteiger partial charge in [0.1, 0.15) is 0 Å². The van der Waals surface area contributed by atoms with Gasteiger partial charge < -0.3 is 4.84 Å². The molecule has 3 atom stereocenters. The van der Waals surface area contributed by atoms with Crippen LogP contribution in [0.15, 0.2) is 114 Å². The van der Waals surface area contributed by atoms with Crippen LogP contribution in [0, 0.1) is 0 Å². The molecule has 4 aromatic rings. The lowest BCUT2D eigenvalue weighted by Gasteiger charge is -2.50. The van der Waals surface area contributed by atoms with Crippen LogP contribution >= 0.6 is 0 Å². The molecule has 13 nitrogen and oxygen atoms in total. The number of carbonyl (C=O) groups is 1. The molecule has 59 heavy (non-hydrogen) atoms. The molecule has 1 saturated carbocycles. The van der Waals surface area contributed by atoms with E-state index in [0.717, 1.165) is 62.7 Å². The molecular formula is C46H64N8O5. The van der Waals surface area contributed by atoms with Crippen molar-refractivity contribution in [2.24, 2.45) is 5.16 Å². The van der Waals surface area contributed by atoms with Crippen molar-refractivity contribution < 1.29 is 24.3 Å². The topological polar surface area (TPSA) is 133 Å². The number of carbonyl (C=O) groups excluding carboxylic acids is 1. The Hall–Kier alpha value is -4.86. The largest absolute Gasteiger partial charge is 0.374 e. The van der Waals surface area contributed by atoms with Gasteiger partial charge in [-0.1, -0.05) is 123 Å². The molecule has 0 heterocycles. The molecule has 0 spiro atoms. The summed E-state index contributed by atoms with van der Waals surface area (Å²) in [5.41, 5.74) is 10.4. The molecule has 1 aliphatic rings. The van der Waals surface area contributed by atoms with Gasteiger partial charge in [0, 0.05) is 36.8 Å². The van der Waals surface area contributed by atoms with E-state index in [4.69, 9.17) is 19.6 Å². The maximum atomic E-state index is 15.7. The lowest BCUT2D eigenvalue weighted by molar-refractivity contribution is -0.324. The minimum atomic E-state index is -1.89. The first kappa shape index (κ1) is 45.2. The summed E-state index contributed by atoms with van der Waals surface area (Å²) in [5, 5.41) is 15.3. The number of hydroxylamine groups is 4. The van der Waals surface area contributed by atoms with Crippen molar-refractivity contribution in [2.45, 2.75) is 116 Å². The van der Waals surface area contributed by atoms with Crippen molar-refractivity contribution in [3.63, 3.8) is 0 Å². The average molecular weight is 809 g/mol. The minimum absolute atomic E-state index is 0.0430. The molecule has 4 aromatic carbocycles. The zero-order chi connectivity index (χ0) is 41.9. The average Bonchev–Trinajstić information content (AvgIpc) is 3.27. The van der Waals surface area contributed by atoms with E-state index in [2.05, 4.69) is 53.0 Å². The van der Waals surface area contributed by atoms with Gasteiger partial charge in [0.2, 0.25) is 11.5 Å². The van der Waals surface area contributed by atoms with E-state index in [1.165, 1.54) is 5.06 Å². The quantitative estimate of drug-likeness (QED) is 0.0144. The van der Waals surface area contributed by atoms with E-state index in [9.17, 15) is 0 Å². The Morgan fingerprint density at radius 1 is 0.881 bits per heavy atom. The Morgan fingerprint density at radius 2 is 1.53 bits per heavy atom. The first-order valence-electron chi connectivity index (χ1n) is 21.1. The Morgan fingerprint density at radius 3 is 2.12 bits per heavy atom. The van der Waals surface area contributed by atoms with Crippen LogP contribution in [0.4, 0.5) is 17.1 Å². The summed E-state index contributed by atoms with van der Waals surface area (Å²) < 4.78 is 0. The van der Waals surface area contributed by atoms with Crippen molar-refractivity contribution in [2.75, 3.05) is 24.1 Å². The van der Waals surface area contributed by atoms with Crippen LogP contribution in [0.25, 0.3) is 0 Å². The summed E-state index contributed by atoms with van der Waals surface area (Å²) in [7, 11) is 1.62. The third kappa shape index (κ3) is 12.1. The van der Waals surface area contributed by atoms with Crippen LogP contribution < -0.4 is 37.0 Å². The second-order valence-corrected chi connectivity index (χ2v) is 14.9. The van der Waals surface area contributed by atoms with Crippen LogP contribution in [0.3, 0.4) is 0 Å². The number of nitrogens with one attached hydrogen (secondary N) is 5. The maximum Gasteiger partial charge on any atom is 0.230 e. The molecular weight excluding hydrogens is 745 g/mol. The van der Waals surface area contributed by atoms with E-state index in [0.29, 0.717) is 35.5 Å². The number of para-hydroxylation sites is 3. The summed E-state index contributed by atoms with van der Waals surface area (Å²) in [6.45, 7) is 10.6. The van der Waals surface area contributed by atoms with Crippen LogP contribution in [0.2, 0.25) is 0 Å². The van der Waals surface area contributed by atoms with Gasteiger partial charge in [0.25, 0.3) is 0 Å². The van der Waals surface area contributed by atoms with Gasteiger partial charge in [-0.15, -0.1) is 5.48 Å². The minimum Gasteiger partial charge on any atom is -0.374 e. The number of ketones is 1. The predicted octanol–water partition coefficient (Wildman–Crippen LogP) is 8.96. The molecule has 318 valence electrons. The Labute approximate surface area is 350 Å². The summed E-state index contributed by atoms with van der Waals surface area (Å²) in [5.74, 6) is -1.36. The first-order chi connectivity index (χ1) is 28.8. The van der Waals surface area contributed by atoms with Crippen LogP contribution in [-0.4, -0.2) is 54.2 Å². The van der Waals surface area contributed by atoms with Crippen LogP contribution in [-0.2, 0) is 21.1 Å². The Bertz CT molecular complexity index is 1810. The fraction of sp³-hybridized carbons (Fsp3) is 0.435. The Balaban J connectivity index is 1.66. The molecule has 0 amide bonds. The van der Waals surface area contributed by atoms with Crippen molar-refractivity contribution in [3.05, 3.63) is 120 Å². The first-order valence-corrected chi connectivity index (χ1v) is 21.1. The molecule has 5 N–H and O–H groups in total. The molecule has 3 unspecified atom stereocenters. The van der Waals surface area contributed by atoms with Gasteiger partial charge in [-0.05, 0) is 88.4 Å². The lowest BCUT2D eigenvalue weighted by atomic mass is 9.93. The van der Waals surface area contributed by atoms with Gasteiger partial charge in [-0.25, -0.2) is 11.0 Å². The number of Topliss-reactive ketones (excluding diaryl/α,β-unsaturated/α-hetero) is 1. The SMILES string of the molecule is CCCCNON=CC(NC(C)CC)(NC1CCCCC1)N(ONc1ccccc1)C(C)(ONC)C(=O)c1cccc(ON(c2ccccc2)c2ccccc2)c1CC. The summed E-state index contributed by atoms with van der Waals surface area (Å²) in [6.07, 6.45) is 9.88. The molecule has 0 aromatic heterocycles. The molecule has 13 heteroatoms. The number of benzene rings is 4. The van der Waals surface area contributed by atoms with Gasteiger partial charge in [-0.2, -0.15) is 10.0 Å². The molecule has 5 rings (SSSR count). The standard InChI is InChI=1S/C46H64N8O5/c1-7-10-34-48-58-49-35-46(50-36(4)8-2,51-37-24-15-11-16-25-37)54(59-52-38-26-17-12-18-27-38)45(5,57-47-6)44(55)42-32-23-33-43(41(42)9-3)56-53(39-28-19-13-20-29-39)40-30-21-14-22-31-40/h12-14,17-23,26-33,35-37,47-48,50-52H,7-11,15-16,24-25,34H2,1-6H3. The zero-order valence-electron chi connectivity index (χ0n) is 35.6. The smallest absolute Gasteiger partial charge is 0.230 e. The second kappa shape index (κ2) is 23.1. The van der Waals surface area contributed by atoms with E-state index >= 15 is 4.79 Å². The zero-order valence-corrected chi connectivity index (χ0v) is 35.6. The van der Waals surface area contributed by atoms with Crippen LogP contribution in [0.1, 0.15) is 102 Å². The highest BCUT2D eigenvalue weighted by atomic mass is 16.9. The molecule has 1 fully saturated rings. The summed E-state index contributed by atoms with van der Waals surface area (Å²) >= 11 is 0. The van der Waals surface area contributed by atoms with Gasteiger partial charge >= 0.3 is 0 Å². The summed E-state index contributed by atoms with van der Waals surface area (Å²) in [6, 6.07) is 34.6. The third-order valence-electron chi connectivity index (χ3n) is 10.5. The van der Waals surface area contributed by atoms with Crippen molar-refractivity contribution >= 4 is 29.1 Å². The van der Waals surface area contributed by atoms with Crippen LogP contribution in [0.5, 0.6) is 5.75 Å². The predicted molar refractivity (Wildman–Crippen MR) is 235 cm³/mol. The van der Waals surface area contributed by atoms with E-state index in [1.54, 1.807) is 31.3 Å². The monoisotopic (exact) mass is 808 g/mol. The van der Waals surface area contributed by atoms with Crippen molar-refractivity contribution in [3.8, 4) is 5.75 Å². The molecule has 0 radical (unpaired) electrons. The Kier molecular flexibility index (Phi) is 17.7. The number of nitrogens with zero attached hydrogens (tertiary/aromatic N) is 3. The molecule has 0 bridgehead atoms. The highest BCUT2D eigenvalue weighted by molar-refractivity contribution is 6.04. The highest BCUT2D eigenvalue weighted by Crippen LogP contribution is 2.36. The number of hydrogen-bond acceptors (Lipinski definition) is 13. The number of anilines is 3. The van der Waals surface area contributed by atoms with E-state index in [1.807, 2.05) is 110 Å². The fourth-order valence-electron chi connectivity index (χ4n) is 7.19. The van der Waals surface area contributed by atoms with Crippen molar-refractivity contribution in [1.82, 2.24) is 26.7 Å². The van der Waals surface area contributed by atoms with Gasteiger partial charge in [-0.3, -0.25) is 25.2 Å². The van der Waals surface area contributed by atoms with Gasteiger partial charge in [0.15, 0.2) is 11.5 Å². The number of unbranched alkanes of at least 4 members (excludes halogenated alkanes) is 1. The van der Waals surface area contributed by atoms with E-state index < -0.39 is 17.3 Å². The molecule has 1 aliphatic carbocycles. The summed E-state index contributed by atoms with van der Waals surface area (Å²) in [4.78, 5) is 41.2. The lowest BCUT2D eigenvalue weighted by Crippen LogP contribution is -2.78. The number of hydrogen-bond donors (Lipinski definition) is 5. The highest BCUT2D eigenvalue weighted by Gasteiger charge is 2.55.